The van der Waals surface area contributed by atoms with E-state index in [0.717, 1.165) is 75.1 Å². The SMILES string of the molecule is CCN1CCN(c2cccc3c2CN([C@H](CCCN(C)Cc2cccc(F)c2)c2ccc(OC)c(OC)c2)C3C=O)CC1. The third-order valence-corrected chi connectivity index (χ3v) is 9.04. The molecule has 0 N–H and O–H groups in total. The van der Waals surface area contributed by atoms with Gasteiger partial charge in [0.05, 0.1) is 20.3 Å². The van der Waals surface area contributed by atoms with Gasteiger partial charge < -0.3 is 29.0 Å². The number of carbonyl (C=O) groups is 1. The molecule has 0 spiro atoms. The third-order valence-electron chi connectivity index (χ3n) is 9.04. The van der Waals surface area contributed by atoms with E-state index in [1.54, 1.807) is 26.4 Å². The van der Waals surface area contributed by atoms with Gasteiger partial charge >= 0.3 is 0 Å². The summed E-state index contributed by atoms with van der Waals surface area (Å²) < 4.78 is 24.9. The molecule has 7 nitrogen and oxygen atoms in total. The molecular weight excluding hydrogens is 543 g/mol. The zero-order chi connectivity index (χ0) is 30.3. The summed E-state index contributed by atoms with van der Waals surface area (Å²) in [6.45, 7) is 9.62. The van der Waals surface area contributed by atoms with Gasteiger partial charge in [0, 0.05) is 51.0 Å². The van der Waals surface area contributed by atoms with Crippen molar-refractivity contribution in [2.45, 2.75) is 44.9 Å². The zero-order valence-corrected chi connectivity index (χ0v) is 26.0. The molecule has 1 saturated heterocycles. The minimum absolute atomic E-state index is 0.00485. The molecule has 1 unspecified atom stereocenters. The van der Waals surface area contributed by atoms with Gasteiger partial charge in [0.25, 0.3) is 0 Å². The molecule has 43 heavy (non-hydrogen) atoms. The van der Waals surface area contributed by atoms with Crippen LogP contribution in [-0.4, -0.2) is 81.5 Å². The maximum absolute atomic E-state index is 13.7. The lowest BCUT2D eigenvalue weighted by Gasteiger charge is -2.36. The number of fused-ring (bicyclic) bond motifs is 1. The molecule has 8 heteroatoms. The summed E-state index contributed by atoms with van der Waals surface area (Å²) in [5.41, 5.74) is 5.69. The van der Waals surface area contributed by atoms with Crippen molar-refractivity contribution in [3.8, 4) is 11.5 Å². The highest BCUT2D eigenvalue weighted by Crippen LogP contribution is 2.45. The highest BCUT2D eigenvalue weighted by molar-refractivity contribution is 5.70. The number of anilines is 1. The topological polar surface area (TPSA) is 48.5 Å². The summed E-state index contributed by atoms with van der Waals surface area (Å²) in [6.07, 6.45) is 2.87. The number of ether oxygens (including phenoxy) is 2. The van der Waals surface area contributed by atoms with Crippen LogP contribution in [0.4, 0.5) is 10.1 Å². The molecule has 0 bridgehead atoms. The molecule has 0 aromatic heterocycles. The van der Waals surface area contributed by atoms with Crippen molar-refractivity contribution in [3.63, 3.8) is 0 Å². The van der Waals surface area contributed by atoms with Crippen molar-refractivity contribution in [3.05, 3.63) is 88.7 Å². The molecule has 230 valence electrons. The van der Waals surface area contributed by atoms with E-state index in [4.69, 9.17) is 9.47 Å². The summed E-state index contributed by atoms with van der Waals surface area (Å²) in [5, 5.41) is 0. The Bertz CT molecular complexity index is 1380. The molecule has 0 aliphatic carbocycles. The number of likely N-dealkylation sites (N-methyl/N-ethyl adjacent to an activating group) is 1. The quantitative estimate of drug-likeness (QED) is 0.238. The van der Waals surface area contributed by atoms with Crippen LogP contribution in [-0.2, 0) is 17.9 Å². The van der Waals surface area contributed by atoms with Gasteiger partial charge in [0.15, 0.2) is 11.5 Å². The van der Waals surface area contributed by atoms with Crippen LogP contribution in [0.25, 0.3) is 0 Å². The summed E-state index contributed by atoms with van der Waals surface area (Å²) >= 11 is 0. The Kier molecular flexibility index (Phi) is 10.3. The third kappa shape index (κ3) is 7.03. The van der Waals surface area contributed by atoms with Gasteiger partial charge in [-0.05, 0) is 85.6 Å². The van der Waals surface area contributed by atoms with E-state index in [9.17, 15) is 9.18 Å². The van der Waals surface area contributed by atoms with Crippen molar-refractivity contribution in [1.82, 2.24) is 14.7 Å². The molecule has 2 atom stereocenters. The Labute approximate surface area is 255 Å². The van der Waals surface area contributed by atoms with Crippen molar-refractivity contribution in [2.75, 3.05) is 65.4 Å². The van der Waals surface area contributed by atoms with Gasteiger partial charge in [0.1, 0.15) is 12.1 Å². The highest BCUT2D eigenvalue weighted by Gasteiger charge is 2.37. The Morgan fingerprint density at radius 3 is 2.47 bits per heavy atom. The normalized spacial score (nSPS) is 18.1. The molecule has 5 rings (SSSR count). The van der Waals surface area contributed by atoms with E-state index in [2.05, 4.69) is 63.9 Å². The monoisotopic (exact) mass is 588 g/mol. The molecule has 2 aliphatic rings. The Hall–Kier alpha value is -3.46. The van der Waals surface area contributed by atoms with Crippen LogP contribution in [0.5, 0.6) is 11.5 Å². The maximum atomic E-state index is 13.7. The van der Waals surface area contributed by atoms with Crippen LogP contribution >= 0.6 is 0 Å². The summed E-state index contributed by atoms with van der Waals surface area (Å²) in [5.74, 6) is 1.16. The second kappa shape index (κ2) is 14.3. The number of aldehydes is 1. The lowest BCUT2D eigenvalue weighted by atomic mass is 9.98. The Morgan fingerprint density at radius 2 is 1.77 bits per heavy atom. The first kappa shape index (κ1) is 31.0. The van der Waals surface area contributed by atoms with E-state index in [0.29, 0.717) is 24.6 Å². The van der Waals surface area contributed by atoms with Crippen molar-refractivity contribution in [1.29, 1.82) is 0 Å². The van der Waals surface area contributed by atoms with Gasteiger partial charge in [0.2, 0.25) is 0 Å². The van der Waals surface area contributed by atoms with Crippen LogP contribution in [0.15, 0.2) is 60.7 Å². The standard InChI is InChI=1S/C35H45FN4O3/c1-5-38-17-19-39(20-18-38)32-12-7-11-29-30(32)24-40(33(29)25-41)31(27-14-15-34(42-3)35(22-27)43-4)13-8-16-37(2)23-26-9-6-10-28(36)21-26/h6-7,9-12,14-15,21-22,25,31,33H,5,8,13,16-20,23-24H2,1-4H3/t31-,33?/m1/s1. The first-order chi connectivity index (χ1) is 20.9. The van der Waals surface area contributed by atoms with Gasteiger partial charge in [-0.15, -0.1) is 0 Å². The van der Waals surface area contributed by atoms with Crippen LogP contribution < -0.4 is 14.4 Å². The fourth-order valence-corrected chi connectivity index (χ4v) is 6.72. The van der Waals surface area contributed by atoms with Crippen LogP contribution in [0, 0.1) is 5.82 Å². The van der Waals surface area contributed by atoms with Crippen molar-refractivity contribution in [2.24, 2.45) is 0 Å². The fraction of sp³-hybridized carbons (Fsp3) is 0.457. The number of hydrogen-bond acceptors (Lipinski definition) is 7. The fourth-order valence-electron chi connectivity index (χ4n) is 6.72. The summed E-state index contributed by atoms with van der Waals surface area (Å²) in [6, 6.07) is 19.0. The molecule has 3 aromatic rings. The van der Waals surface area contributed by atoms with Crippen molar-refractivity contribution < 1.29 is 18.7 Å². The maximum Gasteiger partial charge on any atom is 0.161 e. The predicted molar refractivity (Wildman–Crippen MR) is 169 cm³/mol. The molecule has 1 fully saturated rings. The van der Waals surface area contributed by atoms with E-state index < -0.39 is 0 Å². The lowest BCUT2D eigenvalue weighted by Crippen LogP contribution is -2.46. The molecule has 0 radical (unpaired) electrons. The molecule has 3 aromatic carbocycles. The van der Waals surface area contributed by atoms with E-state index in [1.807, 2.05) is 12.1 Å². The van der Waals surface area contributed by atoms with E-state index in [-0.39, 0.29) is 17.9 Å². The van der Waals surface area contributed by atoms with Crippen LogP contribution in [0.3, 0.4) is 0 Å². The minimum atomic E-state index is -0.324. The van der Waals surface area contributed by atoms with E-state index >= 15 is 0 Å². The zero-order valence-electron chi connectivity index (χ0n) is 26.0. The molecule has 2 aliphatic heterocycles. The summed E-state index contributed by atoms with van der Waals surface area (Å²) in [7, 11) is 5.37. The Morgan fingerprint density at radius 1 is 1.00 bits per heavy atom. The first-order valence-corrected chi connectivity index (χ1v) is 15.4. The van der Waals surface area contributed by atoms with E-state index in [1.165, 1.54) is 17.3 Å². The largest absolute Gasteiger partial charge is 0.493 e. The smallest absolute Gasteiger partial charge is 0.161 e. The molecule has 2 heterocycles. The second-order valence-electron chi connectivity index (χ2n) is 11.7. The number of hydrogen-bond donors (Lipinski definition) is 0. The molecule has 0 amide bonds. The highest BCUT2D eigenvalue weighted by atomic mass is 19.1. The first-order valence-electron chi connectivity index (χ1n) is 15.4. The van der Waals surface area contributed by atoms with Gasteiger partial charge in [-0.2, -0.15) is 0 Å². The second-order valence-corrected chi connectivity index (χ2v) is 11.7. The number of benzene rings is 3. The number of methoxy groups -OCH3 is 2. The van der Waals surface area contributed by atoms with Crippen molar-refractivity contribution >= 4 is 12.0 Å². The number of rotatable bonds is 13. The van der Waals surface area contributed by atoms with Crippen LogP contribution in [0.2, 0.25) is 0 Å². The Balaban J connectivity index is 1.39. The van der Waals surface area contributed by atoms with Gasteiger partial charge in [-0.1, -0.05) is 37.3 Å². The van der Waals surface area contributed by atoms with Gasteiger partial charge in [-0.25, -0.2) is 4.39 Å². The number of carbonyl (C=O) groups excluding carboxylic acids is 1. The van der Waals surface area contributed by atoms with Gasteiger partial charge in [-0.3, -0.25) is 4.90 Å². The number of halogens is 1. The number of piperazine rings is 1. The predicted octanol–water partition coefficient (Wildman–Crippen LogP) is 5.69. The molecule has 0 saturated carbocycles. The average molecular weight is 589 g/mol. The molecular formula is C35H45FN4O3. The summed E-state index contributed by atoms with van der Waals surface area (Å²) in [4.78, 5) is 22.3. The van der Waals surface area contributed by atoms with Crippen LogP contribution in [0.1, 0.15) is 54.1 Å². The number of nitrogens with zero attached hydrogens (tertiary/aromatic N) is 4. The minimum Gasteiger partial charge on any atom is -0.493 e. The lowest BCUT2D eigenvalue weighted by molar-refractivity contribution is -0.113. The average Bonchev–Trinajstić information content (AvgIpc) is 3.41.